The molecule has 1 unspecified atom stereocenters. The van der Waals surface area contributed by atoms with Crippen molar-refractivity contribution in [2.75, 3.05) is 26.2 Å². The number of carbonyl (C=O) groups is 2. The molecule has 3 rings (SSSR count). The number of rotatable bonds is 5. The molecule has 25 heavy (non-hydrogen) atoms. The Hall–Kier alpha value is -2.11. The molecule has 1 N–H and O–H groups in total. The summed E-state index contributed by atoms with van der Waals surface area (Å²) < 4.78 is 0. The number of H-pyrrole nitrogens is 1. The quantitative estimate of drug-likeness (QED) is 0.832. The molecule has 0 aliphatic carbocycles. The summed E-state index contributed by atoms with van der Waals surface area (Å²) in [6, 6.07) is 0. The highest BCUT2D eigenvalue weighted by Crippen LogP contribution is 2.39. The van der Waals surface area contributed by atoms with E-state index in [4.69, 9.17) is 0 Å². The van der Waals surface area contributed by atoms with Crippen LogP contribution in [0.2, 0.25) is 0 Å². The van der Waals surface area contributed by atoms with Crippen LogP contribution in [-0.4, -0.2) is 57.8 Å². The monoisotopic (exact) mass is 344 g/mol. The lowest BCUT2D eigenvalue weighted by Crippen LogP contribution is -2.55. The van der Waals surface area contributed by atoms with Crippen molar-refractivity contribution in [1.82, 2.24) is 19.8 Å². The molecule has 1 aromatic heterocycles. The third-order valence-corrected chi connectivity index (χ3v) is 5.50. The van der Waals surface area contributed by atoms with Gasteiger partial charge in [0.25, 0.3) is 0 Å². The van der Waals surface area contributed by atoms with Crippen LogP contribution in [0.3, 0.4) is 0 Å². The first-order valence-corrected chi connectivity index (χ1v) is 9.26. The van der Waals surface area contributed by atoms with E-state index in [2.05, 4.69) is 9.97 Å². The van der Waals surface area contributed by atoms with Gasteiger partial charge in [-0.1, -0.05) is 12.2 Å². The van der Waals surface area contributed by atoms with Crippen LogP contribution in [0.25, 0.3) is 0 Å². The van der Waals surface area contributed by atoms with Crippen LogP contribution in [-0.2, 0) is 16.0 Å². The van der Waals surface area contributed by atoms with Gasteiger partial charge in [0.15, 0.2) is 0 Å². The Labute approximate surface area is 149 Å². The summed E-state index contributed by atoms with van der Waals surface area (Å²) >= 11 is 0. The van der Waals surface area contributed by atoms with Gasteiger partial charge in [-0.25, -0.2) is 4.98 Å². The molecule has 0 aromatic carbocycles. The normalized spacial score (nSPS) is 24.4. The van der Waals surface area contributed by atoms with Crippen molar-refractivity contribution in [2.24, 2.45) is 5.41 Å². The van der Waals surface area contributed by atoms with Crippen molar-refractivity contribution < 1.29 is 9.59 Å². The SMILES string of the molecule is C/C=C/CC(=O)N1CCCC2(CCC(=O)N(CCc3cnc[nH]3)C2)C1. The Morgan fingerprint density at radius 1 is 1.40 bits per heavy atom. The van der Waals surface area contributed by atoms with Crippen LogP contribution < -0.4 is 0 Å². The number of nitrogens with zero attached hydrogens (tertiary/aromatic N) is 3. The van der Waals surface area contributed by atoms with Crippen molar-refractivity contribution in [3.05, 3.63) is 30.4 Å². The number of likely N-dealkylation sites (tertiary alicyclic amines) is 2. The molecule has 0 bridgehead atoms. The zero-order chi connectivity index (χ0) is 17.7. The molecular weight excluding hydrogens is 316 g/mol. The number of piperidine rings is 2. The maximum atomic E-state index is 12.4. The first-order chi connectivity index (χ1) is 12.1. The Kier molecular flexibility index (Phi) is 5.56. The second kappa shape index (κ2) is 7.85. The molecule has 2 aliphatic rings. The lowest BCUT2D eigenvalue weighted by molar-refractivity contribution is -0.142. The van der Waals surface area contributed by atoms with Gasteiger partial charge in [0.05, 0.1) is 6.33 Å². The highest BCUT2D eigenvalue weighted by atomic mass is 16.2. The summed E-state index contributed by atoms with van der Waals surface area (Å²) in [6.07, 6.45) is 12.2. The highest BCUT2D eigenvalue weighted by molar-refractivity contribution is 5.78. The molecule has 0 radical (unpaired) electrons. The van der Waals surface area contributed by atoms with E-state index in [1.807, 2.05) is 35.1 Å². The van der Waals surface area contributed by atoms with Gasteiger partial charge >= 0.3 is 0 Å². The van der Waals surface area contributed by atoms with E-state index in [1.165, 1.54) is 0 Å². The molecule has 6 heteroatoms. The van der Waals surface area contributed by atoms with Gasteiger partial charge in [0.2, 0.25) is 11.8 Å². The molecule has 1 spiro atoms. The third kappa shape index (κ3) is 4.30. The number of nitrogens with one attached hydrogen (secondary N) is 1. The molecule has 1 atom stereocenters. The molecule has 6 nitrogen and oxygen atoms in total. The third-order valence-electron chi connectivity index (χ3n) is 5.50. The van der Waals surface area contributed by atoms with E-state index >= 15 is 0 Å². The van der Waals surface area contributed by atoms with Crippen molar-refractivity contribution in [2.45, 2.75) is 45.4 Å². The first-order valence-electron chi connectivity index (χ1n) is 9.26. The number of amides is 2. The van der Waals surface area contributed by atoms with E-state index in [-0.39, 0.29) is 17.2 Å². The predicted molar refractivity (Wildman–Crippen MR) is 95.8 cm³/mol. The van der Waals surface area contributed by atoms with Gasteiger partial charge in [-0.05, 0) is 26.2 Å². The molecule has 2 aliphatic heterocycles. The van der Waals surface area contributed by atoms with E-state index in [0.717, 1.165) is 57.6 Å². The maximum Gasteiger partial charge on any atom is 0.226 e. The van der Waals surface area contributed by atoms with E-state index in [9.17, 15) is 9.59 Å². The molecule has 2 amide bonds. The van der Waals surface area contributed by atoms with Crippen LogP contribution in [0.4, 0.5) is 0 Å². The van der Waals surface area contributed by atoms with E-state index in [1.54, 1.807) is 6.33 Å². The Bertz CT molecular complexity index is 625. The fourth-order valence-corrected chi connectivity index (χ4v) is 4.08. The maximum absolute atomic E-state index is 12.4. The van der Waals surface area contributed by atoms with Gasteiger partial charge in [-0.2, -0.15) is 0 Å². The molecule has 2 saturated heterocycles. The predicted octanol–water partition coefficient (Wildman–Crippen LogP) is 2.15. The molecule has 2 fully saturated rings. The minimum atomic E-state index is 0.0751. The zero-order valence-corrected chi connectivity index (χ0v) is 15.0. The van der Waals surface area contributed by atoms with Gasteiger partial charge in [0.1, 0.15) is 0 Å². The summed E-state index contributed by atoms with van der Waals surface area (Å²) in [7, 11) is 0. The summed E-state index contributed by atoms with van der Waals surface area (Å²) in [6.45, 7) is 5.06. The largest absolute Gasteiger partial charge is 0.348 e. The van der Waals surface area contributed by atoms with Crippen molar-refractivity contribution in [3.8, 4) is 0 Å². The lowest BCUT2D eigenvalue weighted by atomic mass is 9.73. The van der Waals surface area contributed by atoms with Crippen LogP contribution in [0, 0.1) is 5.41 Å². The molecule has 1 aromatic rings. The topological polar surface area (TPSA) is 69.3 Å². The lowest BCUT2D eigenvalue weighted by Gasteiger charge is -2.48. The highest BCUT2D eigenvalue weighted by Gasteiger charge is 2.42. The van der Waals surface area contributed by atoms with Crippen molar-refractivity contribution >= 4 is 11.8 Å². The molecule has 0 saturated carbocycles. The van der Waals surface area contributed by atoms with Crippen LogP contribution in [0.1, 0.15) is 44.7 Å². The average molecular weight is 344 g/mol. The van der Waals surface area contributed by atoms with Crippen molar-refractivity contribution in [3.63, 3.8) is 0 Å². The number of allylic oxidation sites excluding steroid dienone is 1. The fourth-order valence-electron chi connectivity index (χ4n) is 4.08. The van der Waals surface area contributed by atoms with Gasteiger partial charge in [-0.15, -0.1) is 0 Å². The number of hydrogen-bond donors (Lipinski definition) is 1. The Morgan fingerprint density at radius 2 is 2.28 bits per heavy atom. The molecular formula is C19H28N4O2. The Morgan fingerprint density at radius 3 is 3.04 bits per heavy atom. The Balaban J connectivity index is 1.62. The van der Waals surface area contributed by atoms with Crippen molar-refractivity contribution in [1.29, 1.82) is 0 Å². The molecule has 136 valence electrons. The minimum Gasteiger partial charge on any atom is -0.348 e. The number of aromatic amines is 1. The van der Waals surface area contributed by atoms with Crippen LogP contribution >= 0.6 is 0 Å². The summed E-state index contributed by atoms with van der Waals surface area (Å²) in [5, 5.41) is 0. The minimum absolute atomic E-state index is 0.0751. The summed E-state index contributed by atoms with van der Waals surface area (Å²) in [5.41, 5.74) is 1.13. The first kappa shape index (κ1) is 17.7. The fraction of sp³-hybridized carbons (Fsp3) is 0.632. The van der Waals surface area contributed by atoms with Gasteiger partial charge in [0, 0.05) is 62.7 Å². The van der Waals surface area contributed by atoms with Gasteiger partial charge in [-0.3, -0.25) is 9.59 Å². The average Bonchev–Trinajstić information content (AvgIpc) is 3.14. The second-order valence-corrected chi connectivity index (χ2v) is 7.33. The number of carbonyl (C=O) groups excluding carboxylic acids is 2. The number of aromatic nitrogens is 2. The summed E-state index contributed by atoms with van der Waals surface area (Å²) in [5.74, 6) is 0.445. The zero-order valence-electron chi connectivity index (χ0n) is 15.0. The van der Waals surface area contributed by atoms with Crippen LogP contribution in [0.15, 0.2) is 24.7 Å². The summed E-state index contributed by atoms with van der Waals surface area (Å²) in [4.78, 5) is 35.9. The smallest absolute Gasteiger partial charge is 0.226 e. The molecule has 3 heterocycles. The number of hydrogen-bond acceptors (Lipinski definition) is 3. The second-order valence-electron chi connectivity index (χ2n) is 7.33. The van der Waals surface area contributed by atoms with Crippen LogP contribution in [0.5, 0.6) is 0 Å². The number of imidazole rings is 1. The van der Waals surface area contributed by atoms with E-state index < -0.39 is 0 Å². The standard InChI is InChI=1S/C19H28N4O2/c1-2-3-5-17(24)22-10-4-8-19(13-22)9-6-18(25)23(14-19)11-7-16-12-20-15-21-16/h2-3,12,15H,4-11,13-14H2,1H3,(H,20,21)/b3-2+. The van der Waals surface area contributed by atoms with E-state index in [0.29, 0.717) is 12.8 Å². The van der Waals surface area contributed by atoms with Gasteiger partial charge < -0.3 is 14.8 Å².